The summed E-state index contributed by atoms with van der Waals surface area (Å²) in [6.45, 7) is 1.84. The van der Waals surface area contributed by atoms with E-state index in [2.05, 4.69) is 9.71 Å². The summed E-state index contributed by atoms with van der Waals surface area (Å²) in [5, 5.41) is 2.21. The molecule has 0 spiro atoms. The van der Waals surface area contributed by atoms with Gasteiger partial charge in [0.05, 0.1) is 16.3 Å². The number of rotatable bonds is 3. The van der Waals surface area contributed by atoms with Crippen molar-refractivity contribution in [3.05, 3.63) is 77.0 Å². The second-order valence-electron chi connectivity index (χ2n) is 5.69. The summed E-state index contributed by atoms with van der Waals surface area (Å²) in [6.07, 6.45) is 1.21. The van der Waals surface area contributed by atoms with E-state index in [0.717, 1.165) is 5.56 Å². The average molecular weight is 369 g/mol. The number of nitrogens with one attached hydrogen (secondary N) is 1. The highest BCUT2D eigenvalue weighted by atomic mass is 32.2. The van der Waals surface area contributed by atoms with Crippen LogP contribution in [0.15, 0.2) is 69.6 Å². The SMILES string of the molecule is Cc1ccc(S(=O)(=O)/N=C2\C=C(NC(N)=O)C(=O)c3ccccc32)cc1. The molecule has 132 valence electrons. The smallest absolute Gasteiger partial charge is 0.316 e. The number of hydrogen-bond acceptors (Lipinski definition) is 4. The molecule has 2 aromatic carbocycles. The van der Waals surface area contributed by atoms with Crippen LogP contribution >= 0.6 is 0 Å². The van der Waals surface area contributed by atoms with Crippen molar-refractivity contribution in [2.24, 2.45) is 10.1 Å². The van der Waals surface area contributed by atoms with E-state index in [9.17, 15) is 18.0 Å². The highest BCUT2D eigenvalue weighted by Crippen LogP contribution is 2.23. The molecule has 0 unspecified atom stereocenters. The zero-order chi connectivity index (χ0) is 18.9. The number of amides is 2. The fraction of sp³-hybridized carbons (Fsp3) is 0.0556. The van der Waals surface area contributed by atoms with Gasteiger partial charge in [-0.3, -0.25) is 4.79 Å². The van der Waals surface area contributed by atoms with E-state index in [4.69, 9.17) is 5.73 Å². The first-order chi connectivity index (χ1) is 12.3. The summed E-state index contributed by atoms with van der Waals surface area (Å²) in [5.74, 6) is -0.467. The minimum Gasteiger partial charge on any atom is -0.351 e. The molecule has 0 fully saturated rings. The number of nitrogens with two attached hydrogens (primary N) is 1. The van der Waals surface area contributed by atoms with Crippen LogP contribution in [0.25, 0.3) is 0 Å². The van der Waals surface area contributed by atoms with E-state index in [1.165, 1.54) is 24.3 Å². The number of allylic oxidation sites excluding steroid dienone is 2. The number of Topliss-reactive ketones (excluding diaryl/α,β-unsaturated/α-hetero) is 1. The molecule has 7 nitrogen and oxygen atoms in total. The number of ketones is 1. The van der Waals surface area contributed by atoms with E-state index >= 15 is 0 Å². The number of nitrogens with zero attached hydrogens (tertiary/aromatic N) is 1. The molecule has 2 aromatic rings. The van der Waals surface area contributed by atoms with Gasteiger partial charge < -0.3 is 11.1 Å². The lowest BCUT2D eigenvalue weighted by Gasteiger charge is -2.17. The summed E-state index contributed by atoms with van der Waals surface area (Å²) in [5.41, 5.74) is 6.51. The first-order valence-electron chi connectivity index (χ1n) is 7.62. The van der Waals surface area contributed by atoms with Crippen LogP contribution in [0.4, 0.5) is 4.79 Å². The van der Waals surface area contributed by atoms with Crippen molar-refractivity contribution < 1.29 is 18.0 Å². The standard InChI is InChI=1S/C18H15N3O4S/c1-11-6-8-12(9-7-11)26(24,25)21-15-10-16(20-18(19)23)17(22)14-5-3-2-4-13(14)15/h2-10H,1H3,(H3,19,20,23)/b21-15+. The van der Waals surface area contributed by atoms with Gasteiger partial charge in [-0.1, -0.05) is 42.0 Å². The Balaban J connectivity index is 2.15. The number of fused-ring (bicyclic) bond motifs is 1. The maximum atomic E-state index is 12.6. The van der Waals surface area contributed by atoms with Crippen LogP contribution in [0.5, 0.6) is 0 Å². The van der Waals surface area contributed by atoms with Crippen LogP contribution < -0.4 is 11.1 Å². The van der Waals surface area contributed by atoms with Crippen molar-refractivity contribution >= 4 is 27.5 Å². The molecule has 0 atom stereocenters. The van der Waals surface area contributed by atoms with Gasteiger partial charge in [0.15, 0.2) is 0 Å². The fourth-order valence-electron chi connectivity index (χ4n) is 2.52. The Bertz CT molecular complexity index is 1070. The molecule has 0 bridgehead atoms. The number of aryl methyl sites for hydroxylation is 1. The molecular formula is C18H15N3O4S. The van der Waals surface area contributed by atoms with Gasteiger partial charge in [-0.25, -0.2) is 4.79 Å². The van der Waals surface area contributed by atoms with Crippen LogP contribution in [0.1, 0.15) is 21.5 Å². The van der Waals surface area contributed by atoms with Gasteiger partial charge >= 0.3 is 6.03 Å². The van der Waals surface area contributed by atoms with Gasteiger partial charge in [0, 0.05) is 11.1 Å². The van der Waals surface area contributed by atoms with Crippen LogP contribution in [0.2, 0.25) is 0 Å². The van der Waals surface area contributed by atoms with E-state index in [1.54, 1.807) is 30.3 Å². The minimum atomic E-state index is -4.00. The van der Waals surface area contributed by atoms with Crippen molar-refractivity contribution in [3.63, 3.8) is 0 Å². The molecule has 0 heterocycles. The third-order valence-corrected chi connectivity index (χ3v) is 5.07. The summed E-state index contributed by atoms with van der Waals surface area (Å²) in [4.78, 5) is 23.6. The van der Waals surface area contributed by atoms with E-state index in [1.807, 2.05) is 6.92 Å². The van der Waals surface area contributed by atoms with Gasteiger partial charge in [-0.05, 0) is 25.1 Å². The normalized spacial score (nSPS) is 15.3. The molecule has 26 heavy (non-hydrogen) atoms. The molecule has 1 aliphatic carbocycles. The van der Waals surface area contributed by atoms with Crippen LogP contribution in [-0.2, 0) is 10.0 Å². The van der Waals surface area contributed by atoms with E-state index in [0.29, 0.717) is 5.56 Å². The average Bonchev–Trinajstić information content (AvgIpc) is 2.59. The number of benzene rings is 2. The van der Waals surface area contributed by atoms with Gasteiger partial charge in [-0.15, -0.1) is 0 Å². The number of sulfonamides is 1. The number of primary amides is 1. The molecule has 3 N–H and O–H groups in total. The van der Waals surface area contributed by atoms with Crippen molar-refractivity contribution in [1.29, 1.82) is 0 Å². The number of carbonyl (C=O) groups is 2. The first-order valence-corrected chi connectivity index (χ1v) is 9.06. The Kier molecular flexibility index (Phi) is 4.43. The monoisotopic (exact) mass is 369 g/mol. The maximum Gasteiger partial charge on any atom is 0.316 e. The molecule has 2 amide bonds. The Morgan fingerprint density at radius 2 is 1.65 bits per heavy atom. The van der Waals surface area contributed by atoms with Gasteiger partial charge in [-0.2, -0.15) is 12.8 Å². The van der Waals surface area contributed by atoms with Crippen molar-refractivity contribution in [2.75, 3.05) is 0 Å². The molecule has 0 aromatic heterocycles. The van der Waals surface area contributed by atoms with Gasteiger partial charge in [0.2, 0.25) is 5.78 Å². The third-order valence-electron chi connectivity index (χ3n) is 3.77. The van der Waals surface area contributed by atoms with Crippen molar-refractivity contribution in [3.8, 4) is 0 Å². The Morgan fingerprint density at radius 1 is 1.04 bits per heavy atom. The molecule has 0 radical (unpaired) electrons. The Labute approximate surface area is 150 Å². The zero-order valence-electron chi connectivity index (χ0n) is 13.8. The number of hydrogen-bond donors (Lipinski definition) is 2. The maximum absolute atomic E-state index is 12.6. The topological polar surface area (TPSA) is 119 Å². The zero-order valence-corrected chi connectivity index (χ0v) is 14.6. The lowest BCUT2D eigenvalue weighted by Crippen LogP contribution is -2.35. The largest absolute Gasteiger partial charge is 0.351 e. The molecule has 0 aliphatic heterocycles. The predicted molar refractivity (Wildman–Crippen MR) is 96.5 cm³/mol. The highest BCUT2D eigenvalue weighted by Gasteiger charge is 2.26. The van der Waals surface area contributed by atoms with E-state index in [-0.39, 0.29) is 21.9 Å². The highest BCUT2D eigenvalue weighted by molar-refractivity contribution is 7.90. The molecule has 1 aliphatic rings. The summed E-state index contributed by atoms with van der Waals surface area (Å²) in [6, 6.07) is 11.8. The minimum absolute atomic E-state index is 0.0304. The molecular weight excluding hydrogens is 354 g/mol. The number of carbonyl (C=O) groups excluding carboxylic acids is 2. The van der Waals surface area contributed by atoms with Crippen molar-refractivity contribution in [2.45, 2.75) is 11.8 Å². The second-order valence-corrected chi connectivity index (χ2v) is 7.29. The first kappa shape index (κ1) is 17.6. The molecule has 0 saturated heterocycles. The van der Waals surface area contributed by atoms with Gasteiger partial charge in [0.1, 0.15) is 0 Å². The third kappa shape index (κ3) is 3.40. The molecule has 0 saturated carbocycles. The summed E-state index contributed by atoms with van der Waals surface area (Å²) in [7, 11) is -4.00. The Morgan fingerprint density at radius 3 is 2.27 bits per heavy atom. The fourth-order valence-corrected chi connectivity index (χ4v) is 3.52. The summed E-state index contributed by atoms with van der Waals surface area (Å²) >= 11 is 0. The predicted octanol–water partition coefficient (Wildman–Crippen LogP) is 1.92. The van der Waals surface area contributed by atoms with Gasteiger partial charge in [0.25, 0.3) is 10.0 Å². The lowest BCUT2D eigenvalue weighted by atomic mass is 9.92. The summed E-state index contributed by atoms with van der Waals surface area (Å²) < 4.78 is 29.1. The van der Waals surface area contributed by atoms with Crippen molar-refractivity contribution in [1.82, 2.24) is 5.32 Å². The quantitative estimate of drug-likeness (QED) is 0.859. The molecule has 8 heteroatoms. The molecule has 3 rings (SSSR count). The Hall–Kier alpha value is -3.26. The van der Waals surface area contributed by atoms with Crippen LogP contribution in [-0.4, -0.2) is 25.9 Å². The number of urea groups is 1. The second kappa shape index (κ2) is 6.57. The lowest BCUT2D eigenvalue weighted by molar-refractivity contribution is 0.102. The van der Waals surface area contributed by atoms with Crippen LogP contribution in [0.3, 0.4) is 0 Å². The van der Waals surface area contributed by atoms with Crippen LogP contribution in [0, 0.1) is 6.92 Å². The van der Waals surface area contributed by atoms with E-state index < -0.39 is 21.8 Å².